The molecule has 0 saturated heterocycles. The van der Waals surface area contributed by atoms with Crippen molar-refractivity contribution in [3.63, 3.8) is 0 Å². The van der Waals surface area contributed by atoms with E-state index in [1.54, 1.807) is 12.1 Å². The fourth-order valence-electron chi connectivity index (χ4n) is 2.02. The SMILES string of the molecule is CCCCCN(c1c(Cl)cc(N)cc1Cl)C(C)C. The number of halogens is 2. The van der Waals surface area contributed by atoms with Crippen LogP contribution < -0.4 is 10.6 Å². The third-order valence-electron chi connectivity index (χ3n) is 2.95. The van der Waals surface area contributed by atoms with Gasteiger partial charge >= 0.3 is 0 Å². The van der Waals surface area contributed by atoms with Gasteiger partial charge in [-0.15, -0.1) is 0 Å². The van der Waals surface area contributed by atoms with E-state index in [0.29, 0.717) is 21.8 Å². The summed E-state index contributed by atoms with van der Waals surface area (Å²) >= 11 is 12.6. The van der Waals surface area contributed by atoms with Crippen molar-refractivity contribution in [1.82, 2.24) is 0 Å². The fraction of sp³-hybridized carbons (Fsp3) is 0.571. The lowest BCUT2D eigenvalue weighted by atomic mass is 10.1. The third-order valence-corrected chi connectivity index (χ3v) is 3.53. The van der Waals surface area contributed by atoms with Gasteiger partial charge in [0.05, 0.1) is 15.7 Å². The Morgan fingerprint density at radius 1 is 1.17 bits per heavy atom. The van der Waals surface area contributed by atoms with Crippen LogP contribution in [0.25, 0.3) is 0 Å². The molecule has 0 aromatic heterocycles. The predicted molar refractivity (Wildman–Crippen MR) is 82.9 cm³/mol. The van der Waals surface area contributed by atoms with Gasteiger partial charge in [-0.3, -0.25) is 0 Å². The van der Waals surface area contributed by atoms with E-state index in [4.69, 9.17) is 28.9 Å². The quantitative estimate of drug-likeness (QED) is 0.591. The minimum atomic E-state index is 0.362. The van der Waals surface area contributed by atoms with Crippen LogP contribution in [-0.4, -0.2) is 12.6 Å². The Hall–Kier alpha value is -0.600. The molecule has 102 valence electrons. The Labute approximate surface area is 120 Å². The van der Waals surface area contributed by atoms with E-state index in [2.05, 4.69) is 25.7 Å². The van der Waals surface area contributed by atoms with Crippen LogP contribution in [-0.2, 0) is 0 Å². The van der Waals surface area contributed by atoms with Gasteiger partial charge in [0.15, 0.2) is 0 Å². The number of nitrogen functional groups attached to an aromatic ring is 1. The summed E-state index contributed by atoms with van der Waals surface area (Å²) in [6.07, 6.45) is 3.56. The second kappa shape index (κ2) is 7.10. The summed E-state index contributed by atoms with van der Waals surface area (Å²) in [7, 11) is 0. The van der Waals surface area contributed by atoms with Gasteiger partial charge in [-0.25, -0.2) is 0 Å². The molecule has 0 aliphatic rings. The molecule has 0 radical (unpaired) electrons. The first-order valence-corrected chi connectivity index (χ1v) is 7.24. The van der Waals surface area contributed by atoms with Crippen LogP contribution in [0.15, 0.2) is 12.1 Å². The highest BCUT2D eigenvalue weighted by Crippen LogP contribution is 2.37. The van der Waals surface area contributed by atoms with Crippen LogP contribution in [0.5, 0.6) is 0 Å². The first-order valence-electron chi connectivity index (χ1n) is 6.48. The molecule has 0 heterocycles. The molecule has 2 N–H and O–H groups in total. The summed E-state index contributed by atoms with van der Waals surface area (Å²) in [6.45, 7) is 7.46. The van der Waals surface area contributed by atoms with E-state index >= 15 is 0 Å². The Morgan fingerprint density at radius 3 is 2.17 bits per heavy atom. The molecule has 0 aliphatic heterocycles. The Morgan fingerprint density at radius 2 is 1.72 bits per heavy atom. The van der Waals surface area contributed by atoms with Gasteiger partial charge in [-0.05, 0) is 32.4 Å². The highest BCUT2D eigenvalue weighted by Gasteiger charge is 2.17. The smallest absolute Gasteiger partial charge is 0.0748 e. The molecule has 0 unspecified atom stereocenters. The molecule has 18 heavy (non-hydrogen) atoms. The molecule has 1 aromatic carbocycles. The van der Waals surface area contributed by atoms with Crippen molar-refractivity contribution in [2.45, 2.75) is 46.1 Å². The summed E-state index contributed by atoms with van der Waals surface area (Å²) in [5.41, 5.74) is 7.24. The maximum absolute atomic E-state index is 6.28. The van der Waals surface area contributed by atoms with E-state index in [0.717, 1.165) is 18.7 Å². The maximum atomic E-state index is 6.28. The van der Waals surface area contributed by atoms with Gasteiger partial charge < -0.3 is 10.6 Å². The number of hydrogen-bond acceptors (Lipinski definition) is 2. The zero-order chi connectivity index (χ0) is 13.7. The first kappa shape index (κ1) is 15.5. The van der Waals surface area contributed by atoms with Crippen molar-refractivity contribution in [3.05, 3.63) is 22.2 Å². The topological polar surface area (TPSA) is 29.3 Å². The average Bonchev–Trinajstić information content (AvgIpc) is 2.25. The van der Waals surface area contributed by atoms with Crippen LogP contribution >= 0.6 is 23.2 Å². The van der Waals surface area contributed by atoms with Crippen LogP contribution in [0.3, 0.4) is 0 Å². The minimum absolute atomic E-state index is 0.362. The number of anilines is 2. The summed E-state index contributed by atoms with van der Waals surface area (Å²) in [6, 6.07) is 3.89. The van der Waals surface area contributed by atoms with Gasteiger partial charge in [0.1, 0.15) is 0 Å². The number of nitrogens with two attached hydrogens (primary N) is 1. The number of nitrogens with zero attached hydrogens (tertiary/aromatic N) is 1. The zero-order valence-electron chi connectivity index (χ0n) is 11.3. The molecule has 0 saturated carbocycles. The third kappa shape index (κ3) is 3.96. The molecular weight excluding hydrogens is 267 g/mol. The highest BCUT2D eigenvalue weighted by atomic mass is 35.5. The Bertz CT molecular complexity index is 368. The predicted octanol–water partition coefficient (Wildman–Crippen LogP) is 4.98. The normalized spacial score (nSPS) is 11.0. The van der Waals surface area contributed by atoms with Crippen molar-refractivity contribution in [3.8, 4) is 0 Å². The van der Waals surface area contributed by atoms with Crippen LogP contribution in [0, 0.1) is 0 Å². The molecular formula is C14H22Cl2N2. The fourth-order valence-corrected chi connectivity index (χ4v) is 2.74. The zero-order valence-corrected chi connectivity index (χ0v) is 12.9. The summed E-state index contributed by atoms with van der Waals surface area (Å²) in [5.74, 6) is 0. The van der Waals surface area contributed by atoms with Crippen molar-refractivity contribution < 1.29 is 0 Å². The van der Waals surface area contributed by atoms with E-state index in [-0.39, 0.29) is 0 Å². The number of benzene rings is 1. The molecule has 0 amide bonds. The molecule has 0 atom stereocenters. The van der Waals surface area contributed by atoms with E-state index in [1.807, 2.05) is 0 Å². The van der Waals surface area contributed by atoms with E-state index < -0.39 is 0 Å². The number of rotatable bonds is 6. The number of unbranched alkanes of at least 4 members (excludes halogenated alkanes) is 2. The molecule has 0 spiro atoms. The lowest BCUT2D eigenvalue weighted by molar-refractivity contribution is 0.626. The minimum Gasteiger partial charge on any atom is -0.399 e. The largest absolute Gasteiger partial charge is 0.399 e. The highest BCUT2D eigenvalue weighted by molar-refractivity contribution is 6.39. The average molecular weight is 289 g/mol. The van der Waals surface area contributed by atoms with Gasteiger partial charge in [0.25, 0.3) is 0 Å². The Balaban J connectivity index is 2.98. The lowest BCUT2D eigenvalue weighted by Gasteiger charge is -2.31. The van der Waals surface area contributed by atoms with E-state index in [1.165, 1.54) is 12.8 Å². The molecule has 1 rings (SSSR count). The second-order valence-electron chi connectivity index (χ2n) is 4.83. The maximum Gasteiger partial charge on any atom is 0.0748 e. The van der Waals surface area contributed by atoms with E-state index in [9.17, 15) is 0 Å². The standard InChI is InChI=1S/C14H22Cl2N2/c1-4-5-6-7-18(10(2)3)14-12(15)8-11(17)9-13(14)16/h8-10H,4-7,17H2,1-3H3. The molecule has 2 nitrogen and oxygen atoms in total. The summed E-state index contributed by atoms with van der Waals surface area (Å²) < 4.78 is 0. The monoisotopic (exact) mass is 288 g/mol. The Kier molecular flexibility index (Phi) is 6.10. The van der Waals surface area contributed by atoms with Crippen molar-refractivity contribution in [2.24, 2.45) is 0 Å². The second-order valence-corrected chi connectivity index (χ2v) is 5.64. The molecule has 0 fully saturated rings. The van der Waals surface area contributed by atoms with Crippen molar-refractivity contribution in [1.29, 1.82) is 0 Å². The summed E-state index contributed by atoms with van der Waals surface area (Å²) in [5, 5.41) is 1.26. The van der Waals surface area contributed by atoms with Crippen LogP contribution in [0.1, 0.15) is 40.0 Å². The van der Waals surface area contributed by atoms with Crippen molar-refractivity contribution in [2.75, 3.05) is 17.2 Å². The van der Waals surface area contributed by atoms with Gasteiger partial charge in [0, 0.05) is 18.3 Å². The molecule has 0 aliphatic carbocycles. The molecule has 1 aromatic rings. The number of hydrogen-bond donors (Lipinski definition) is 1. The van der Waals surface area contributed by atoms with Gasteiger partial charge in [-0.2, -0.15) is 0 Å². The molecule has 4 heteroatoms. The van der Waals surface area contributed by atoms with Gasteiger partial charge in [-0.1, -0.05) is 43.0 Å². The van der Waals surface area contributed by atoms with Crippen molar-refractivity contribution >= 4 is 34.6 Å². The molecule has 0 bridgehead atoms. The lowest BCUT2D eigenvalue weighted by Crippen LogP contribution is -2.32. The van der Waals surface area contributed by atoms with Crippen LogP contribution in [0.2, 0.25) is 10.0 Å². The van der Waals surface area contributed by atoms with Gasteiger partial charge in [0.2, 0.25) is 0 Å². The van der Waals surface area contributed by atoms with Crippen LogP contribution in [0.4, 0.5) is 11.4 Å². The summed E-state index contributed by atoms with van der Waals surface area (Å²) in [4.78, 5) is 2.25. The first-order chi connectivity index (χ1) is 8.47.